The van der Waals surface area contributed by atoms with Crippen molar-refractivity contribution in [3.05, 3.63) is 35.9 Å². The van der Waals surface area contributed by atoms with Gasteiger partial charge in [-0.3, -0.25) is 10.1 Å². The fourth-order valence-electron chi connectivity index (χ4n) is 1.74. The Morgan fingerprint density at radius 2 is 2.00 bits per heavy atom. The SMILES string of the molecule is CCNC(=O)NC(=O)[C@@H](Sc1nnc(NC)s1)c1ccccc1. The molecule has 9 heteroatoms. The Kier molecular flexibility index (Phi) is 6.36. The summed E-state index contributed by atoms with van der Waals surface area (Å²) in [6, 6.07) is 8.75. The van der Waals surface area contributed by atoms with Crippen LogP contribution in [-0.4, -0.2) is 35.7 Å². The quantitative estimate of drug-likeness (QED) is 0.691. The van der Waals surface area contributed by atoms with Gasteiger partial charge in [-0.2, -0.15) is 0 Å². The van der Waals surface area contributed by atoms with Gasteiger partial charge in [0.2, 0.25) is 11.0 Å². The number of urea groups is 1. The molecule has 0 fully saturated rings. The van der Waals surface area contributed by atoms with Crippen LogP contribution in [0.25, 0.3) is 0 Å². The highest BCUT2D eigenvalue weighted by molar-refractivity contribution is 8.01. The van der Waals surface area contributed by atoms with E-state index in [0.29, 0.717) is 16.0 Å². The summed E-state index contributed by atoms with van der Waals surface area (Å²) in [7, 11) is 1.76. The zero-order valence-corrected chi connectivity index (χ0v) is 14.3. The maximum Gasteiger partial charge on any atom is 0.321 e. The van der Waals surface area contributed by atoms with Crippen LogP contribution in [0.1, 0.15) is 17.7 Å². The summed E-state index contributed by atoms with van der Waals surface area (Å²) in [5, 5.41) is 15.9. The minimum Gasteiger partial charge on any atom is -0.363 e. The Bertz CT molecular complexity index is 662. The van der Waals surface area contributed by atoms with Crippen molar-refractivity contribution in [1.29, 1.82) is 0 Å². The Morgan fingerprint density at radius 1 is 1.26 bits per heavy atom. The number of thioether (sulfide) groups is 1. The van der Waals surface area contributed by atoms with Gasteiger partial charge in [0.1, 0.15) is 5.25 Å². The minimum absolute atomic E-state index is 0.395. The lowest BCUT2D eigenvalue weighted by atomic mass is 10.1. The van der Waals surface area contributed by atoms with Crippen molar-refractivity contribution in [2.45, 2.75) is 16.5 Å². The highest BCUT2D eigenvalue weighted by atomic mass is 32.2. The highest BCUT2D eigenvalue weighted by Crippen LogP contribution is 2.37. The van der Waals surface area contributed by atoms with E-state index in [1.165, 1.54) is 23.1 Å². The average Bonchev–Trinajstić information content (AvgIpc) is 3.01. The first kappa shape index (κ1) is 17.2. The molecule has 0 aliphatic heterocycles. The van der Waals surface area contributed by atoms with Gasteiger partial charge in [0.05, 0.1) is 0 Å². The molecule has 0 unspecified atom stereocenters. The molecule has 2 aromatic rings. The van der Waals surface area contributed by atoms with Crippen molar-refractivity contribution in [3.8, 4) is 0 Å². The maximum absolute atomic E-state index is 12.5. The van der Waals surface area contributed by atoms with Crippen molar-refractivity contribution >= 4 is 40.2 Å². The van der Waals surface area contributed by atoms with Crippen molar-refractivity contribution in [2.24, 2.45) is 0 Å². The molecule has 0 saturated heterocycles. The van der Waals surface area contributed by atoms with Crippen molar-refractivity contribution in [3.63, 3.8) is 0 Å². The first-order valence-corrected chi connectivity index (χ1v) is 8.65. The Hall–Kier alpha value is -2.13. The number of benzene rings is 1. The molecular formula is C14H17N5O2S2. The van der Waals surface area contributed by atoms with Crippen molar-refractivity contribution in [2.75, 3.05) is 18.9 Å². The largest absolute Gasteiger partial charge is 0.363 e. The predicted molar refractivity (Wildman–Crippen MR) is 91.7 cm³/mol. The Morgan fingerprint density at radius 3 is 2.61 bits per heavy atom. The average molecular weight is 351 g/mol. The van der Waals surface area contributed by atoms with Crippen LogP contribution in [0.2, 0.25) is 0 Å². The standard InChI is InChI=1S/C14H17N5O2S2/c1-3-16-12(21)17-11(20)10(9-7-5-4-6-8-9)22-14-19-18-13(15-2)23-14/h4-8,10H,3H2,1-2H3,(H,15,18)(H2,16,17,20,21)/t10-/m0/s1. The monoisotopic (exact) mass is 351 g/mol. The van der Waals surface area contributed by atoms with Crippen molar-refractivity contribution < 1.29 is 9.59 Å². The van der Waals surface area contributed by atoms with Gasteiger partial charge < -0.3 is 10.6 Å². The molecule has 23 heavy (non-hydrogen) atoms. The number of amides is 3. The van der Waals surface area contributed by atoms with Gasteiger partial charge in [-0.25, -0.2) is 4.79 Å². The second-order valence-electron chi connectivity index (χ2n) is 4.38. The van der Waals surface area contributed by atoms with Crippen LogP contribution in [0.5, 0.6) is 0 Å². The number of carbonyl (C=O) groups excluding carboxylic acids is 2. The van der Waals surface area contributed by atoms with E-state index in [0.717, 1.165) is 5.56 Å². The van der Waals surface area contributed by atoms with Crippen LogP contribution in [0.15, 0.2) is 34.7 Å². The van der Waals surface area contributed by atoms with E-state index >= 15 is 0 Å². The van der Waals surface area contributed by atoms with Crippen LogP contribution in [0.3, 0.4) is 0 Å². The van der Waals surface area contributed by atoms with Crippen LogP contribution < -0.4 is 16.0 Å². The molecule has 0 radical (unpaired) electrons. The smallest absolute Gasteiger partial charge is 0.321 e. The molecule has 0 saturated carbocycles. The number of imide groups is 1. The lowest BCUT2D eigenvalue weighted by Gasteiger charge is -2.15. The summed E-state index contributed by atoms with van der Waals surface area (Å²) >= 11 is 2.61. The zero-order chi connectivity index (χ0) is 16.7. The molecule has 122 valence electrons. The van der Waals surface area contributed by atoms with Crippen LogP contribution in [0.4, 0.5) is 9.93 Å². The lowest BCUT2D eigenvalue weighted by Crippen LogP contribution is -2.41. The van der Waals surface area contributed by atoms with E-state index < -0.39 is 17.2 Å². The summed E-state index contributed by atoms with van der Waals surface area (Å²) in [6.45, 7) is 2.23. The van der Waals surface area contributed by atoms with Gasteiger partial charge in [-0.1, -0.05) is 53.4 Å². The topological polar surface area (TPSA) is 96.0 Å². The van der Waals surface area contributed by atoms with E-state index in [1.54, 1.807) is 14.0 Å². The molecule has 3 amide bonds. The van der Waals surface area contributed by atoms with E-state index in [2.05, 4.69) is 26.1 Å². The second-order valence-corrected chi connectivity index (χ2v) is 6.71. The Balaban J connectivity index is 2.18. The summed E-state index contributed by atoms with van der Waals surface area (Å²) in [6.07, 6.45) is 0. The number of nitrogens with zero attached hydrogens (tertiary/aromatic N) is 2. The number of rotatable bonds is 6. The molecule has 0 spiro atoms. The fraction of sp³-hybridized carbons (Fsp3) is 0.286. The van der Waals surface area contributed by atoms with Gasteiger partial charge in [0, 0.05) is 13.6 Å². The van der Waals surface area contributed by atoms with Crippen molar-refractivity contribution in [1.82, 2.24) is 20.8 Å². The number of carbonyl (C=O) groups is 2. The zero-order valence-electron chi connectivity index (χ0n) is 12.7. The summed E-state index contributed by atoms with van der Waals surface area (Å²) < 4.78 is 0.647. The normalized spacial score (nSPS) is 11.6. The molecule has 1 aromatic carbocycles. The van der Waals surface area contributed by atoms with Gasteiger partial charge >= 0.3 is 6.03 Å². The third kappa shape index (κ3) is 4.93. The maximum atomic E-state index is 12.5. The highest BCUT2D eigenvalue weighted by Gasteiger charge is 2.25. The molecule has 1 heterocycles. The van der Waals surface area contributed by atoms with E-state index in [9.17, 15) is 9.59 Å². The molecule has 0 aliphatic carbocycles. The second kappa shape index (κ2) is 8.49. The minimum atomic E-state index is -0.587. The number of nitrogens with one attached hydrogen (secondary N) is 3. The van der Waals surface area contributed by atoms with Gasteiger partial charge in [-0.05, 0) is 12.5 Å². The summed E-state index contributed by atoms with van der Waals surface area (Å²) in [4.78, 5) is 24.1. The first-order chi connectivity index (χ1) is 11.1. The molecule has 3 N–H and O–H groups in total. The Labute approximate surface area is 142 Å². The van der Waals surface area contributed by atoms with Gasteiger partial charge in [-0.15, -0.1) is 10.2 Å². The van der Waals surface area contributed by atoms with E-state index in [1.807, 2.05) is 30.3 Å². The number of anilines is 1. The third-order valence-corrected chi connectivity index (χ3v) is 5.03. The van der Waals surface area contributed by atoms with E-state index in [4.69, 9.17) is 0 Å². The van der Waals surface area contributed by atoms with Crippen LogP contribution in [-0.2, 0) is 4.79 Å². The van der Waals surface area contributed by atoms with E-state index in [-0.39, 0.29) is 0 Å². The number of hydrogen-bond acceptors (Lipinski definition) is 7. The summed E-state index contributed by atoms with van der Waals surface area (Å²) in [5.74, 6) is -0.395. The first-order valence-electron chi connectivity index (χ1n) is 6.95. The molecule has 1 atom stereocenters. The molecular weight excluding hydrogens is 334 g/mol. The third-order valence-electron chi connectivity index (χ3n) is 2.75. The molecule has 1 aromatic heterocycles. The number of aromatic nitrogens is 2. The number of hydrogen-bond donors (Lipinski definition) is 3. The lowest BCUT2D eigenvalue weighted by molar-refractivity contribution is -0.119. The molecule has 0 bridgehead atoms. The fourth-order valence-corrected chi connectivity index (χ4v) is 3.64. The predicted octanol–water partition coefficient (Wildman–Crippen LogP) is 2.26. The van der Waals surface area contributed by atoms with Gasteiger partial charge in [0.25, 0.3) is 0 Å². The molecule has 2 rings (SSSR count). The van der Waals surface area contributed by atoms with Gasteiger partial charge in [0.15, 0.2) is 4.34 Å². The molecule has 0 aliphatic rings. The summed E-state index contributed by atoms with van der Waals surface area (Å²) in [5.41, 5.74) is 0.792. The van der Waals surface area contributed by atoms with Crippen LogP contribution in [0, 0.1) is 0 Å². The van der Waals surface area contributed by atoms with Crippen LogP contribution >= 0.6 is 23.1 Å². The molecule has 7 nitrogen and oxygen atoms in total.